The second kappa shape index (κ2) is 54.4. The van der Waals surface area contributed by atoms with E-state index in [2.05, 4.69) is 27.7 Å². The van der Waals surface area contributed by atoms with Crippen LogP contribution in [0.2, 0.25) is 0 Å². The second-order valence-electron chi connectivity index (χ2n) is 21.1. The van der Waals surface area contributed by atoms with Gasteiger partial charge in [-0.05, 0) is 25.2 Å². The van der Waals surface area contributed by atoms with Crippen molar-refractivity contribution in [3.8, 4) is 0 Å². The van der Waals surface area contributed by atoms with E-state index in [0.717, 1.165) is 63.7 Å². The van der Waals surface area contributed by atoms with Crippen molar-refractivity contribution < 1.29 is 28.6 Å². The molecule has 0 radical (unpaired) electrons. The summed E-state index contributed by atoms with van der Waals surface area (Å²) in [6.45, 7) is 9.06. The molecule has 1 atom stereocenters. The number of hydrogen-bond donors (Lipinski definition) is 0. The number of carbonyl (C=O) groups is 3. The topological polar surface area (TPSA) is 78.9 Å². The molecule has 0 aliphatic rings. The van der Waals surface area contributed by atoms with Crippen molar-refractivity contribution in [3.63, 3.8) is 0 Å². The molecule has 0 bridgehead atoms. The molecule has 0 saturated carbocycles. The van der Waals surface area contributed by atoms with Crippen LogP contribution in [0.15, 0.2) is 0 Å². The van der Waals surface area contributed by atoms with E-state index in [-0.39, 0.29) is 31.1 Å². The van der Waals surface area contributed by atoms with Crippen molar-refractivity contribution in [1.82, 2.24) is 0 Å². The summed E-state index contributed by atoms with van der Waals surface area (Å²) in [6.07, 6.45) is 59.6. The molecule has 392 valence electrons. The lowest BCUT2D eigenvalue weighted by molar-refractivity contribution is -0.167. The first-order valence-corrected chi connectivity index (χ1v) is 29.9. The van der Waals surface area contributed by atoms with Crippen molar-refractivity contribution in [2.75, 3.05) is 13.2 Å². The Morgan fingerprint density at radius 3 is 0.742 bits per heavy atom. The Balaban J connectivity index is 4.17. The van der Waals surface area contributed by atoms with Crippen LogP contribution in [0.4, 0.5) is 0 Å². The molecule has 0 N–H and O–H groups in total. The monoisotopic (exact) mass is 933 g/mol. The molecule has 0 aromatic rings. The molecule has 0 aliphatic heterocycles. The third kappa shape index (κ3) is 53.4. The van der Waals surface area contributed by atoms with Crippen LogP contribution >= 0.6 is 0 Å². The largest absolute Gasteiger partial charge is 0.462 e. The Morgan fingerprint density at radius 2 is 0.500 bits per heavy atom. The highest BCUT2D eigenvalue weighted by Gasteiger charge is 2.19. The fraction of sp³-hybridized carbons (Fsp3) is 0.950. The van der Waals surface area contributed by atoms with Gasteiger partial charge in [0.25, 0.3) is 0 Å². The number of unbranched alkanes of at least 4 members (excludes halogenated alkanes) is 42. The molecular weight excluding hydrogens is 817 g/mol. The molecule has 0 aromatic carbocycles. The molecule has 0 heterocycles. The molecule has 6 nitrogen and oxygen atoms in total. The molecule has 0 unspecified atom stereocenters. The van der Waals surface area contributed by atoms with E-state index in [9.17, 15) is 14.4 Å². The molecule has 0 spiro atoms. The van der Waals surface area contributed by atoms with Crippen molar-refractivity contribution in [2.45, 2.75) is 348 Å². The summed E-state index contributed by atoms with van der Waals surface area (Å²) in [6, 6.07) is 0. The van der Waals surface area contributed by atoms with Gasteiger partial charge in [0.15, 0.2) is 6.10 Å². The van der Waals surface area contributed by atoms with Crippen LogP contribution < -0.4 is 0 Å². The molecule has 0 aliphatic carbocycles. The molecule has 0 rings (SSSR count). The number of ether oxygens (including phenoxy) is 3. The van der Waals surface area contributed by atoms with E-state index in [0.29, 0.717) is 19.3 Å². The van der Waals surface area contributed by atoms with Gasteiger partial charge in [-0.25, -0.2) is 0 Å². The van der Waals surface area contributed by atoms with E-state index in [4.69, 9.17) is 14.2 Å². The van der Waals surface area contributed by atoms with Crippen LogP contribution in [0.25, 0.3) is 0 Å². The SMILES string of the molecule is CCCCCCCCCCCCCCCCCCCCC(=O)O[C@@H](COC(=O)CCCCCCCCCCC)COC(=O)CCCCCCCCCCCCCCCCCCCCC(C)C. The van der Waals surface area contributed by atoms with E-state index >= 15 is 0 Å². The first kappa shape index (κ1) is 64.4. The highest BCUT2D eigenvalue weighted by Crippen LogP contribution is 2.18. The number of rotatable bonds is 55. The van der Waals surface area contributed by atoms with Gasteiger partial charge in [-0.1, -0.05) is 304 Å². The molecular formula is C60H116O6. The fourth-order valence-corrected chi connectivity index (χ4v) is 9.28. The van der Waals surface area contributed by atoms with Crippen LogP contribution in [0.1, 0.15) is 342 Å². The normalized spacial score (nSPS) is 12.0. The summed E-state index contributed by atoms with van der Waals surface area (Å²) in [5.74, 6) is 0.0224. The maximum atomic E-state index is 12.8. The minimum atomic E-state index is -0.761. The lowest BCUT2D eigenvalue weighted by Gasteiger charge is -2.18. The van der Waals surface area contributed by atoms with Crippen LogP contribution in [0.3, 0.4) is 0 Å². The third-order valence-corrected chi connectivity index (χ3v) is 13.8. The Hall–Kier alpha value is -1.59. The number of carbonyl (C=O) groups excluding carboxylic acids is 3. The Bertz CT molecular complexity index is 996. The van der Waals surface area contributed by atoms with Crippen LogP contribution in [-0.2, 0) is 28.6 Å². The molecule has 0 fully saturated rings. The molecule has 0 amide bonds. The van der Waals surface area contributed by atoms with Crippen molar-refractivity contribution in [1.29, 1.82) is 0 Å². The first-order chi connectivity index (χ1) is 32.4. The van der Waals surface area contributed by atoms with E-state index < -0.39 is 6.10 Å². The molecule has 0 saturated heterocycles. The number of esters is 3. The van der Waals surface area contributed by atoms with Gasteiger partial charge in [0, 0.05) is 19.3 Å². The Kier molecular flexibility index (Phi) is 53.0. The minimum Gasteiger partial charge on any atom is -0.462 e. The summed E-state index contributed by atoms with van der Waals surface area (Å²) >= 11 is 0. The van der Waals surface area contributed by atoms with Gasteiger partial charge in [-0.15, -0.1) is 0 Å². The molecule has 6 heteroatoms. The maximum absolute atomic E-state index is 12.8. The van der Waals surface area contributed by atoms with Crippen molar-refractivity contribution >= 4 is 17.9 Å². The summed E-state index contributed by atoms with van der Waals surface area (Å²) in [5, 5.41) is 0. The van der Waals surface area contributed by atoms with Gasteiger partial charge in [0.1, 0.15) is 13.2 Å². The Labute approximate surface area is 412 Å². The van der Waals surface area contributed by atoms with Crippen LogP contribution in [0, 0.1) is 5.92 Å². The van der Waals surface area contributed by atoms with Crippen molar-refractivity contribution in [3.05, 3.63) is 0 Å². The highest BCUT2D eigenvalue weighted by atomic mass is 16.6. The smallest absolute Gasteiger partial charge is 0.306 e. The van der Waals surface area contributed by atoms with Gasteiger partial charge in [-0.2, -0.15) is 0 Å². The Morgan fingerprint density at radius 1 is 0.288 bits per heavy atom. The van der Waals surface area contributed by atoms with Gasteiger partial charge in [0.05, 0.1) is 0 Å². The van der Waals surface area contributed by atoms with E-state index in [1.807, 2.05) is 0 Å². The predicted octanol–water partition coefficient (Wildman–Crippen LogP) is 19.8. The van der Waals surface area contributed by atoms with Gasteiger partial charge in [-0.3, -0.25) is 14.4 Å². The lowest BCUT2D eigenvalue weighted by atomic mass is 10.0. The minimum absolute atomic E-state index is 0.0618. The zero-order valence-corrected chi connectivity index (χ0v) is 45.2. The second-order valence-corrected chi connectivity index (χ2v) is 21.1. The quantitative estimate of drug-likeness (QED) is 0.0343. The zero-order valence-electron chi connectivity index (χ0n) is 45.2. The van der Waals surface area contributed by atoms with Gasteiger partial charge in [0.2, 0.25) is 0 Å². The number of hydrogen-bond acceptors (Lipinski definition) is 6. The average Bonchev–Trinajstić information content (AvgIpc) is 3.30. The highest BCUT2D eigenvalue weighted by molar-refractivity contribution is 5.71. The first-order valence-electron chi connectivity index (χ1n) is 29.9. The zero-order chi connectivity index (χ0) is 48.1. The third-order valence-electron chi connectivity index (χ3n) is 13.8. The summed E-state index contributed by atoms with van der Waals surface area (Å²) in [7, 11) is 0. The van der Waals surface area contributed by atoms with Gasteiger partial charge < -0.3 is 14.2 Å². The molecule has 0 aromatic heterocycles. The lowest BCUT2D eigenvalue weighted by Crippen LogP contribution is -2.30. The summed E-state index contributed by atoms with van der Waals surface area (Å²) in [4.78, 5) is 38.1. The summed E-state index contributed by atoms with van der Waals surface area (Å²) < 4.78 is 16.9. The summed E-state index contributed by atoms with van der Waals surface area (Å²) in [5.41, 5.74) is 0. The van der Waals surface area contributed by atoms with Crippen LogP contribution in [0.5, 0.6) is 0 Å². The van der Waals surface area contributed by atoms with E-state index in [1.165, 1.54) is 238 Å². The van der Waals surface area contributed by atoms with Crippen LogP contribution in [-0.4, -0.2) is 37.2 Å². The average molecular weight is 934 g/mol. The van der Waals surface area contributed by atoms with Gasteiger partial charge >= 0.3 is 17.9 Å². The van der Waals surface area contributed by atoms with E-state index in [1.54, 1.807) is 0 Å². The fourth-order valence-electron chi connectivity index (χ4n) is 9.28. The van der Waals surface area contributed by atoms with Crippen molar-refractivity contribution in [2.24, 2.45) is 5.92 Å². The molecule has 66 heavy (non-hydrogen) atoms. The maximum Gasteiger partial charge on any atom is 0.306 e. The standard InChI is InChI=1S/C60H116O6/c1-5-7-9-11-13-15-16-17-18-19-23-27-30-33-37-41-45-49-53-60(63)66-57(54-64-58(61)51-47-43-39-34-14-12-10-8-6-2)55-65-59(62)52-48-44-40-36-32-29-26-24-21-20-22-25-28-31-35-38-42-46-50-56(3)4/h56-57H,5-55H2,1-4H3/t57-/m0/s1. The predicted molar refractivity (Wildman–Crippen MR) is 284 cm³/mol.